The van der Waals surface area contributed by atoms with Crippen molar-refractivity contribution in [2.75, 3.05) is 13.1 Å². The van der Waals surface area contributed by atoms with Crippen LogP contribution in [-0.2, 0) is 9.63 Å². The fraction of sp³-hybridized carbons (Fsp3) is 0.529. The van der Waals surface area contributed by atoms with Crippen molar-refractivity contribution in [3.8, 4) is 0 Å². The van der Waals surface area contributed by atoms with Crippen molar-refractivity contribution in [1.82, 2.24) is 5.32 Å². The van der Waals surface area contributed by atoms with Gasteiger partial charge >= 0.3 is 5.97 Å². The molecule has 2 heterocycles. The third-order valence-corrected chi connectivity index (χ3v) is 4.73. The van der Waals surface area contributed by atoms with E-state index >= 15 is 0 Å². The topological polar surface area (TPSA) is 70.9 Å². The second-order valence-electron chi connectivity index (χ2n) is 6.35. The van der Waals surface area contributed by atoms with Crippen LogP contribution in [0.1, 0.15) is 36.8 Å². The van der Waals surface area contributed by atoms with Crippen molar-refractivity contribution in [1.29, 1.82) is 0 Å². The molecule has 1 aromatic carbocycles. The Bertz CT molecular complexity index is 591. The van der Waals surface area contributed by atoms with Gasteiger partial charge in [0, 0.05) is 24.9 Å². The van der Waals surface area contributed by atoms with Gasteiger partial charge in [-0.1, -0.05) is 29.4 Å². The normalized spacial score (nSPS) is 28.0. The number of carbonyl (C=O) groups is 1. The van der Waals surface area contributed by atoms with E-state index in [1.807, 2.05) is 18.2 Å². The number of hydrogen-bond donors (Lipinski definition) is 2. The number of oxime groups is 1. The number of carboxylic acid groups (broad SMARTS) is 1. The molecule has 0 amide bonds. The molecule has 0 unspecified atom stereocenters. The third-order valence-electron chi connectivity index (χ3n) is 4.73. The maximum atomic E-state index is 11.7. The zero-order chi connectivity index (χ0) is 15.6. The molecule has 1 aromatic rings. The van der Waals surface area contributed by atoms with E-state index in [9.17, 15) is 9.90 Å². The summed E-state index contributed by atoms with van der Waals surface area (Å²) >= 11 is 0. The number of nitrogens with zero attached hydrogens (tertiary/aromatic N) is 1. The molecule has 1 fully saturated rings. The van der Waals surface area contributed by atoms with Gasteiger partial charge < -0.3 is 15.3 Å². The number of nitrogens with one attached hydrogen (secondary N) is 1. The lowest BCUT2D eigenvalue weighted by atomic mass is 9.75. The predicted octanol–water partition coefficient (Wildman–Crippen LogP) is 2.33. The number of benzene rings is 1. The van der Waals surface area contributed by atoms with E-state index in [1.54, 1.807) is 0 Å². The van der Waals surface area contributed by atoms with E-state index in [0.717, 1.165) is 29.8 Å². The first kappa shape index (κ1) is 15.0. The Labute approximate surface area is 130 Å². The molecule has 22 heavy (non-hydrogen) atoms. The maximum Gasteiger partial charge on any atom is 0.311 e. The molecule has 5 nitrogen and oxygen atoms in total. The van der Waals surface area contributed by atoms with Gasteiger partial charge in [-0.05, 0) is 31.9 Å². The van der Waals surface area contributed by atoms with Gasteiger partial charge in [0.1, 0.15) is 6.10 Å². The summed E-state index contributed by atoms with van der Waals surface area (Å²) in [7, 11) is 0. The Morgan fingerprint density at radius 2 is 2.32 bits per heavy atom. The number of piperidine rings is 1. The molecule has 1 saturated heterocycles. The summed E-state index contributed by atoms with van der Waals surface area (Å²) in [5.74, 6) is -0.729. The van der Waals surface area contributed by atoms with Crippen molar-refractivity contribution in [3.05, 3.63) is 35.4 Å². The summed E-state index contributed by atoms with van der Waals surface area (Å²) in [6.07, 6.45) is 2.64. The third kappa shape index (κ3) is 2.86. The van der Waals surface area contributed by atoms with Crippen molar-refractivity contribution >= 4 is 11.7 Å². The van der Waals surface area contributed by atoms with E-state index in [2.05, 4.69) is 23.5 Å². The minimum atomic E-state index is -0.729. The van der Waals surface area contributed by atoms with E-state index in [0.29, 0.717) is 25.8 Å². The zero-order valence-electron chi connectivity index (χ0n) is 12.8. The molecule has 0 saturated carbocycles. The van der Waals surface area contributed by atoms with Crippen LogP contribution in [-0.4, -0.2) is 36.0 Å². The summed E-state index contributed by atoms with van der Waals surface area (Å²) in [4.78, 5) is 17.3. The number of rotatable bonds is 4. The summed E-state index contributed by atoms with van der Waals surface area (Å²) in [5, 5.41) is 17.1. The lowest BCUT2D eigenvalue weighted by molar-refractivity contribution is -0.152. The van der Waals surface area contributed by atoms with Gasteiger partial charge in [-0.25, -0.2) is 0 Å². The Morgan fingerprint density at radius 3 is 3.00 bits per heavy atom. The lowest BCUT2D eigenvalue weighted by Crippen LogP contribution is -2.47. The molecule has 3 rings (SSSR count). The maximum absolute atomic E-state index is 11.7. The molecular formula is C17H22N2O3. The first-order chi connectivity index (χ1) is 10.6. The first-order valence-electron chi connectivity index (χ1n) is 7.83. The summed E-state index contributed by atoms with van der Waals surface area (Å²) in [5.41, 5.74) is 2.46. The second-order valence-corrected chi connectivity index (χ2v) is 6.35. The molecular weight excluding hydrogens is 280 g/mol. The Balaban J connectivity index is 1.69. The van der Waals surface area contributed by atoms with E-state index in [4.69, 9.17) is 4.84 Å². The molecule has 0 radical (unpaired) electrons. The minimum absolute atomic E-state index is 0.148. The molecule has 0 aromatic heterocycles. The fourth-order valence-electron chi connectivity index (χ4n) is 3.44. The van der Waals surface area contributed by atoms with Crippen LogP contribution in [0.5, 0.6) is 0 Å². The Kier molecular flexibility index (Phi) is 4.16. The van der Waals surface area contributed by atoms with Crippen molar-refractivity contribution < 1.29 is 14.7 Å². The van der Waals surface area contributed by atoms with Crippen LogP contribution in [0.3, 0.4) is 0 Å². The van der Waals surface area contributed by atoms with Crippen molar-refractivity contribution in [2.45, 2.75) is 38.7 Å². The van der Waals surface area contributed by atoms with Crippen molar-refractivity contribution in [3.63, 3.8) is 0 Å². The van der Waals surface area contributed by atoms with Crippen molar-refractivity contribution in [2.24, 2.45) is 10.6 Å². The van der Waals surface area contributed by atoms with Gasteiger partial charge in [0.25, 0.3) is 0 Å². The number of aryl methyl sites for hydroxylation is 1. The molecule has 0 aliphatic carbocycles. The summed E-state index contributed by atoms with van der Waals surface area (Å²) in [6.45, 7) is 3.46. The van der Waals surface area contributed by atoms with Crippen LogP contribution < -0.4 is 5.32 Å². The summed E-state index contributed by atoms with van der Waals surface area (Å²) in [6, 6.07) is 8.08. The molecule has 2 N–H and O–H groups in total. The average Bonchev–Trinajstić information content (AvgIpc) is 2.96. The van der Waals surface area contributed by atoms with Gasteiger partial charge in [-0.3, -0.25) is 4.79 Å². The highest BCUT2D eigenvalue weighted by Gasteiger charge is 2.43. The molecule has 118 valence electrons. The highest BCUT2D eigenvalue weighted by atomic mass is 16.6. The fourth-order valence-corrected chi connectivity index (χ4v) is 3.44. The molecule has 0 spiro atoms. The Morgan fingerprint density at radius 1 is 1.50 bits per heavy atom. The zero-order valence-corrected chi connectivity index (χ0v) is 12.8. The van der Waals surface area contributed by atoms with Crippen LogP contribution in [0.2, 0.25) is 0 Å². The molecule has 2 atom stereocenters. The lowest BCUT2D eigenvalue weighted by Gasteiger charge is -2.34. The van der Waals surface area contributed by atoms with E-state index < -0.39 is 11.4 Å². The highest BCUT2D eigenvalue weighted by molar-refractivity contribution is 6.02. The highest BCUT2D eigenvalue weighted by Crippen LogP contribution is 2.35. The minimum Gasteiger partial charge on any atom is -0.481 e. The molecule has 0 bridgehead atoms. The summed E-state index contributed by atoms with van der Waals surface area (Å²) < 4.78 is 0. The van der Waals surface area contributed by atoms with Crippen LogP contribution in [0, 0.1) is 12.3 Å². The monoisotopic (exact) mass is 302 g/mol. The van der Waals surface area contributed by atoms with E-state index in [1.165, 1.54) is 0 Å². The van der Waals surface area contributed by atoms with Crippen LogP contribution in [0.4, 0.5) is 0 Å². The Hall–Kier alpha value is -1.88. The standard InChI is InChI=1S/C17H22N2O3/c1-12-5-2-3-6-14(12)15-9-13(22-19-15)10-17(16(20)21)7-4-8-18-11-17/h2-3,5-6,13,18H,4,7-11H2,1H3,(H,20,21)/t13-,17-/m1/s1. The molecule has 2 aliphatic rings. The van der Waals surface area contributed by atoms with Gasteiger partial charge in [0.2, 0.25) is 0 Å². The first-order valence-corrected chi connectivity index (χ1v) is 7.83. The number of aliphatic carboxylic acids is 1. The molecule has 5 heteroatoms. The quantitative estimate of drug-likeness (QED) is 0.895. The van der Waals surface area contributed by atoms with Crippen LogP contribution in [0.25, 0.3) is 0 Å². The second kappa shape index (κ2) is 6.08. The SMILES string of the molecule is Cc1ccccc1C1=NO[C@@H](C[C@]2(C(=O)O)CCCNC2)C1. The van der Waals surface area contributed by atoms with Gasteiger partial charge in [0.15, 0.2) is 0 Å². The van der Waals surface area contributed by atoms with Gasteiger partial charge in [-0.2, -0.15) is 0 Å². The van der Waals surface area contributed by atoms with Gasteiger partial charge in [0.05, 0.1) is 11.1 Å². The van der Waals surface area contributed by atoms with Crippen LogP contribution >= 0.6 is 0 Å². The number of hydrogen-bond acceptors (Lipinski definition) is 4. The number of carboxylic acids is 1. The van der Waals surface area contributed by atoms with Gasteiger partial charge in [-0.15, -0.1) is 0 Å². The predicted molar refractivity (Wildman–Crippen MR) is 84.0 cm³/mol. The van der Waals surface area contributed by atoms with E-state index in [-0.39, 0.29) is 6.10 Å². The van der Waals surface area contributed by atoms with Crippen LogP contribution in [0.15, 0.2) is 29.4 Å². The molecule has 2 aliphatic heterocycles. The average molecular weight is 302 g/mol. The largest absolute Gasteiger partial charge is 0.481 e. The smallest absolute Gasteiger partial charge is 0.311 e.